The van der Waals surface area contributed by atoms with Crippen LogP contribution >= 0.6 is 0 Å². The van der Waals surface area contributed by atoms with Gasteiger partial charge in [0.25, 0.3) is 0 Å². The van der Waals surface area contributed by atoms with E-state index in [-0.39, 0.29) is 16.8 Å². The molecule has 1 aromatic carbocycles. The summed E-state index contributed by atoms with van der Waals surface area (Å²) < 4.78 is 9.14. The molecule has 0 heterocycles. The zero-order chi connectivity index (χ0) is 14.4. The first-order valence-corrected chi connectivity index (χ1v) is 5.32. The summed E-state index contributed by atoms with van der Waals surface area (Å²) in [6.07, 6.45) is 0. The van der Waals surface area contributed by atoms with Gasteiger partial charge in [-0.25, -0.2) is 14.4 Å². The number of nitrogens with one attached hydrogen (secondary N) is 2. The number of rotatable bonds is 3. The van der Waals surface area contributed by atoms with Crippen LogP contribution in [0, 0.1) is 0 Å². The minimum Gasteiger partial charge on any atom is -0.465 e. The maximum Gasteiger partial charge on any atom is 0.337 e. The number of methoxy groups -OCH3 is 2. The van der Waals surface area contributed by atoms with Crippen molar-refractivity contribution in [3.05, 3.63) is 29.3 Å². The van der Waals surface area contributed by atoms with Crippen molar-refractivity contribution in [3.63, 3.8) is 0 Å². The van der Waals surface area contributed by atoms with Crippen LogP contribution in [0.5, 0.6) is 0 Å². The molecule has 0 radical (unpaired) electrons. The molecule has 1 aromatic rings. The van der Waals surface area contributed by atoms with Crippen LogP contribution in [0.1, 0.15) is 20.7 Å². The molecule has 7 heteroatoms. The number of benzene rings is 1. The first kappa shape index (κ1) is 14.5. The molecule has 0 aliphatic rings. The van der Waals surface area contributed by atoms with E-state index < -0.39 is 18.0 Å². The van der Waals surface area contributed by atoms with E-state index >= 15 is 0 Å². The summed E-state index contributed by atoms with van der Waals surface area (Å²) in [6.45, 7) is 0. The van der Waals surface area contributed by atoms with Crippen LogP contribution in [0.2, 0.25) is 0 Å². The number of carbonyl (C=O) groups is 3. The van der Waals surface area contributed by atoms with Crippen molar-refractivity contribution < 1.29 is 23.9 Å². The molecule has 19 heavy (non-hydrogen) atoms. The maximum absolute atomic E-state index is 11.5. The van der Waals surface area contributed by atoms with Gasteiger partial charge < -0.3 is 20.1 Å². The number of hydrogen-bond acceptors (Lipinski definition) is 5. The molecule has 0 fully saturated rings. The first-order valence-electron chi connectivity index (χ1n) is 5.32. The monoisotopic (exact) mass is 266 g/mol. The van der Waals surface area contributed by atoms with E-state index in [9.17, 15) is 14.4 Å². The van der Waals surface area contributed by atoms with Gasteiger partial charge in [-0.15, -0.1) is 0 Å². The second-order valence-corrected chi connectivity index (χ2v) is 3.49. The summed E-state index contributed by atoms with van der Waals surface area (Å²) in [5.74, 6) is -1.24. The molecule has 2 N–H and O–H groups in total. The highest BCUT2D eigenvalue weighted by atomic mass is 16.5. The van der Waals surface area contributed by atoms with Crippen molar-refractivity contribution in [1.82, 2.24) is 5.32 Å². The fraction of sp³-hybridized carbons (Fsp3) is 0.250. The summed E-state index contributed by atoms with van der Waals surface area (Å²) in [6, 6.07) is 3.64. The molecule has 7 nitrogen and oxygen atoms in total. The summed E-state index contributed by atoms with van der Waals surface area (Å²) in [5.41, 5.74) is 0.552. The Balaban J connectivity index is 3.19. The molecule has 0 atom stereocenters. The molecule has 0 spiro atoms. The second-order valence-electron chi connectivity index (χ2n) is 3.49. The Bertz CT molecular complexity index is 479. The SMILES string of the molecule is CNC(=O)Nc1cc(C(=O)OC)cc(C(=O)OC)c1. The van der Waals surface area contributed by atoms with E-state index in [1.165, 1.54) is 39.5 Å². The predicted octanol–water partition coefficient (Wildman–Crippen LogP) is 1.01. The number of anilines is 1. The molecule has 0 bridgehead atoms. The number of ether oxygens (including phenoxy) is 2. The van der Waals surface area contributed by atoms with E-state index in [2.05, 4.69) is 20.1 Å². The lowest BCUT2D eigenvalue weighted by atomic mass is 10.1. The van der Waals surface area contributed by atoms with Gasteiger partial charge in [-0.2, -0.15) is 0 Å². The van der Waals surface area contributed by atoms with Crippen molar-refractivity contribution >= 4 is 23.7 Å². The lowest BCUT2D eigenvalue weighted by molar-refractivity contribution is 0.0599. The minimum atomic E-state index is -0.620. The van der Waals surface area contributed by atoms with Gasteiger partial charge in [-0.05, 0) is 18.2 Å². The molecule has 2 amide bonds. The molecular formula is C12H14N2O5. The number of urea groups is 1. The molecule has 1 rings (SSSR count). The largest absolute Gasteiger partial charge is 0.465 e. The molecule has 0 aromatic heterocycles. The lowest BCUT2D eigenvalue weighted by Crippen LogP contribution is -2.24. The highest BCUT2D eigenvalue weighted by Gasteiger charge is 2.14. The molecule has 0 aliphatic carbocycles. The van der Waals surface area contributed by atoms with E-state index in [0.717, 1.165) is 0 Å². The summed E-state index contributed by atoms with van der Waals surface area (Å²) in [5, 5.41) is 4.82. The Labute approximate surface area is 109 Å². The number of amides is 2. The third kappa shape index (κ3) is 3.70. The van der Waals surface area contributed by atoms with Gasteiger partial charge in [0, 0.05) is 12.7 Å². The van der Waals surface area contributed by atoms with E-state index in [0.29, 0.717) is 0 Å². The number of esters is 2. The van der Waals surface area contributed by atoms with E-state index in [4.69, 9.17) is 0 Å². The van der Waals surface area contributed by atoms with Crippen molar-refractivity contribution in [1.29, 1.82) is 0 Å². The maximum atomic E-state index is 11.5. The second kappa shape index (κ2) is 6.39. The molecule has 0 saturated heterocycles. The van der Waals surface area contributed by atoms with Gasteiger partial charge in [-0.3, -0.25) is 0 Å². The Morgan fingerprint density at radius 1 is 0.947 bits per heavy atom. The summed E-state index contributed by atoms with van der Waals surface area (Å²) in [4.78, 5) is 34.2. The molecular weight excluding hydrogens is 252 g/mol. The fourth-order valence-electron chi connectivity index (χ4n) is 1.36. The quantitative estimate of drug-likeness (QED) is 0.796. The van der Waals surface area contributed by atoms with E-state index in [1.807, 2.05) is 0 Å². The molecule has 102 valence electrons. The van der Waals surface area contributed by atoms with Crippen LogP contribution in [0.25, 0.3) is 0 Å². The fourth-order valence-corrected chi connectivity index (χ4v) is 1.36. The third-order valence-corrected chi connectivity index (χ3v) is 2.26. The molecule has 0 saturated carbocycles. The van der Waals surface area contributed by atoms with Crippen LogP contribution in [0.3, 0.4) is 0 Å². The van der Waals surface area contributed by atoms with Gasteiger partial charge in [0.1, 0.15) is 0 Å². The summed E-state index contributed by atoms with van der Waals surface area (Å²) in [7, 11) is 3.89. The van der Waals surface area contributed by atoms with Gasteiger partial charge >= 0.3 is 18.0 Å². The topological polar surface area (TPSA) is 93.7 Å². The molecule has 0 unspecified atom stereocenters. The third-order valence-electron chi connectivity index (χ3n) is 2.26. The highest BCUT2D eigenvalue weighted by Crippen LogP contribution is 2.17. The minimum absolute atomic E-state index is 0.136. The zero-order valence-electron chi connectivity index (χ0n) is 10.8. The van der Waals surface area contributed by atoms with Crippen molar-refractivity contribution in [2.75, 3.05) is 26.6 Å². The Kier molecular flexibility index (Phi) is 4.87. The van der Waals surface area contributed by atoms with Gasteiger partial charge in [0.05, 0.1) is 25.3 Å². The Morgan fingerprint density at radius 3 is 1.79 bits per heavy atom. The highest BCUT2D eigenvalue weighted by molar-refractivity contribution is 5.99. The van der Waals surface area contributed by atoms with Gasteiger partial charge in [-0.1, -0.05) is 0 Å². The zero-order valence-corrected chi connectivity index (χ0v) is 10.8. The van der Waals surface area contributed by atoms with Crippen molar-refractivity contribution in [3.8, 4) is 0 Å². The van der Waals surface area contributed by atoms with Crippen LogP contribution in [-0.4, -0.2) is 39.2 Å². The standard InChI is InChI=1S/C12H14N2O5/c1-13-12(17)14-9-5-7(10(15)18-2)4-8(6-9)11(16)19-3/h4-6H,1-3H3,(H2,13,14,17). The number of carbonyl (C=O) groups excluding carboxylic acids is 3. The van der Waals surface area contributed by atoms with Crippen molar-refractivity contribution in [2.45, 2.75) is 0 Å². The summed E-state index contributed by atoms with van der Waals surface area (Å²) >= 11 is 0. The number of hydrogen-bond donors (Lipinski definition) is 2. The average molecular weight is 266 g/mol. The van der Waals surface area contributed by atoms with Crippen LogP contribution in [0.15, 0.2) is 18.2 Å². The van der Waals surface area contributed by atoms with Crippen LogP contribution in [-0.2, 0) is 9.47 Å². The Morgan fingerprint density at radius 2 is 1.42 bits per heavy atom. The van der Waals surface area contributed by atoms with Crippen LogP contribution in [0.4, 0.5) is 10.5 Å². The first-order chi connectivity index (χ1) is 9.01. The predicted molar refractivity (Wildman–Crippen MR) is 67.2 cm³/mol. The van der Waals surface area contributed by atoms with Gasteiger partial charge in [0.15, 0.2) is 0 Å². The van der Waals surface area contributed by atoms with Crippen LogP contribution < -0.4 is 10.6 Å². The normalized spacial score (nSPS) is 9.42. The molecule has 0 aliphatic heterocycles. The van der Waals surface area contributed by atoms with Gasteiger partial charge in [0.2, 0.25) is 0 Å². The Hall–Kier alpha value is -2.57. The smallest absolute Gasteiger partial charge is 0.337 e. The van der Waals surface area contributed by atoms with Crippen molar-refractivity contribution in [2.24, 2.45) is 0 Å². The average Bonchev–Trinajstić information content (AvgIpc) is 2.44. The lowest BCUT2D eigenvalue weighted by Gasteiger charge is -2.09. The van der Waals surface area contributed by atoms with E-state index in [1.54, 1.807) is 0 Å².